The van der Waals surface area contributed by atoms with Crippen molar-refractivity contribution >= 4 is 70.9 Å². The van der Waals surface area contributed by atoms with E-state index in [0.717, 1.165) is 64.2 Å². The van der Waals surface area contributed by atoms with Gasteiger partial charge in [0.25, 0.3) is 0 Å². The average Bonchev–Trinajstić information content (AvgIpc) is 1.51. The maximum absolute atomic E-state index is 15.5. The summed E-state index contributed by atoms with van der Waals surface area (Å²) in [4.78, 5) is 189. The van der Waals surface area contributed by atoms with Crippen LogP contribution in [0.2, 0.25) is 0 Å². The van der Waals surface area contributed by atoms with E-state index in [1.54, 1.807) is 11.8 Å². The molecule has 100 heavy (non-hydrogen) atoms. The van der Waals surface area contributed by atoms with Crippen LogP contribution >= 0.6 is 0 Å². The summed E-state index contributed by atoms with van der Waals surface area (Å²) in [6.07, 6.45) is 0.0599. The highest BCUT2D eigenvalue weighted by molar-refractivity contribution is 6.00. The molecule has 1 aromatic carbocycles. The molecule has 560 valence electrons. The van der Waals surface area contributed by atoms with E-state index in [1.807, 2.05) is 34.6 Å². The van der Waals surface area contributed by atoms with Gasteiger partial charge in [0.15, 0.2) is 0 Å². The van der Waals surface area contributed by atoms with E-state index in [9.17, 15) is 56.6 Å². The molecule has 0 radical (unpaired) electrons. The minimum absolute atomic E-state index is 0.00341. The Labute approximate surface area is 586 Å². The quantitative estimate of drug-likeness (QED) is 0.212. The Morgan fingerprint density at radius 3 is 1.81 bits per heavy atom. The van der Waals surface area contributed by atoms with Crippen molar-refractivity contribution in [2.75, 3.05) is 88.6 Å². The van der Waals surface area contributed by atoms with E-state index in [1.165, 1.54) is 68.9 Å². The number of carbonyl (C=O) groups excluding carboxylic acids is 12. The minimum atomic E-state index is -5.03. The number of nitrogens with zero attached hydrogens (tertiary/aromatic N) is 9. The van der Waals surface area contributed by atoms with Crippen LogP contribution in [0.15, 0.2) is 18.2 Å². The Morgan fingerprint density at radius 1 is 0.640 bits per heavy atom. The van der Waals surface area contributed by atoms with Gasteiger partial charge in [0.05, 0.1) is 37.7 Å². The molecule has 1 spiro atoms. The Kier molecular flexibility index (Phi) is 29.3. The molecule has 3 heterocycles. The molecule has 6 rings (SSSR count). The van der Waals surface area contributed by atoms with Crippen molar-refractivity contribution in [2.24, 2.45) is 23.7 Å². The van der Waals surface area contributed by atoms with Gasteiger partial charge in [-0.15, -0.1) is 0 Å². The van der Waals surface area contributed by atoms with Crippen LogP contribution in [0.4, 0.5) is 17.6 Å². The van der Waals surface area contributed by atoms with Crippen LogP contribution in [0.1, 0.15) is 175 Å². The summed E-state index contributed by atoms with van der Waals surface area (Å²) in [6, 6.07) is -7.28. The number of nitrogens with one attached hydrogen (secondary N) is 3. The molecule has 3 saturated heterocycles. The normalized spacial score (nSPS) is 26.6. The molecule has 4 N–H and O–H groups in total. The van der Waals surface area contributed by atoms with Gasteiger partial charge in [-0.25, -0.2) is 4.39 Å². The minimum Gasteiger partial charge on any atom is -0.391 e. The highest BCUT2D eigenvalue weighted by Gasteiger charge is 2.51. The first-order chi connectivity index (χ1) is 46.9. The van der Waals surface area contributed by atoms with Crippen molar-refractivity contribution in [1.29, 1.82) is 0 Å². The van der Waals surface area contributed by atoms with E-state index in [4.69, 9.17) is 0 Å². The van der Waals surface area contributed by atoms with Crippen molar-refractivity contribution in [2.45, 2.75) is 230 Å². The van der Waals surface area contributed by atoms with Gasteiger partial charge in [-0.2, -0.15) is 13.2 Å². The number of piperidine rings is 1. The Balaban J connectivity index is 1.44. The molecule has 5 fully saturated rings. The number of likely N-dealkylation sites (tertiary alicyclic amines) is 1. The fourth-order valence-electron chi connectivity index (χ4n) is 14.6. The van der Waals surface area contributed by atoms with E-state index >= 15 is 23.6 Å². The molecule has 2 saturated carbocycles. The van der Waals surface area contributed by atoms with Crippen molar-refractivity contribution in [3.63, 3.8) is 0 Å². The highest BCUT2D eigenvalue weighted by Crippen LogP contribution is 2.36. The lowest BCUT2D eigenvalue weighted by atomic mass is 9.84. The Hall–Kier alpha value is -7.46. The predicted octanol–water partition coefficient (Wildman–Crippen LogP) is 4.35. The first-order valence-corrected chi connectivity index (χ1v) is 35.7. The fraction of sp³-hybridized carbons (Fsp3) is 0.746. The van der Waals surface area contributed by atoms with Crippen molar-refractivity contribution in [3.8, 4) is 0 Å². The van der Waals surface area contributed by atoms with Gasteiger partial charge in [0.2, 0.25) is 70.9 Å². The van der Waals surface area contributed by atoms with Crippen LogP contribution in [0.25, 0.3) is 0 Å². The summed E-state index contributed by atoms with van der Waals surface area (Å²) in [5, 5.41) is 19.7. The number of alkyl halides is 3. The summed E-state index contributed by atoms with van der Waals surface area (Å²) in [5.74, 6) is -11.3. The molecule has 5 aliphatic rings. The van der Waals surface area contributed by atoms with Gasteiger partial charge >= 0.3 is 6.18 Å². The number of amides is 12. The van der Waals surface area contributed by atoms with Gasteiger partial charge < -0.3 is 65.2 Å². The van der Waals surface area contributed by atoms with Gasteiger partial charge in [0, 0.05) is 75.4 Å². The van der Waals surface area contributed by atoms with Crippen molar-refractivity contribution in [3.05, 3.63) is 35.1 Å². The number of fused-ring (bicyclic) bond motifs is 1. The number of carbonyl (C=O) groups is 12. The third-order valence-electron chi connectivity index (χ3n) is 21.1. The van der Waals surface area contributed by atoms with Crippen molar-refractivity contribution in [1.82, 2.24) is 60.0 Å². The molecule has 0 unspecified atom stereocenters. The van der Waals surface area contributed by atoms with E-state index < -0.39 is 187 Å². The number of rotatable bonds is 12. The predicted molar refractivity (Wildman–Crippen MR) is 363 cm³/mol. The molecule has 9 atom stereocenters. The molecule has 29 heteroatoms. The highest BCUT2D eigenvalue weighted by atomic mass is 19.4. The first-order valence-electron chi connectivity index (χ1n) is 35.7. The van der Waals surface area contributed by atoms with Crippen LogP contribution in [0.5, 0.6) is 0 Å². The first kappa shape index (κ1) is 81.5. The third-order valence-corrected chi connectivity index (χ3v) is 21.1. The number of aliphatic hydroxyl groups is 1. The monoisotopic (exact) mass is 1410 g/mol. The molecule has 0 bridgehead atoms. The number of hydrogen-bond acceptors (Lipinski definition) is 13. The molecule has 3 aliphatic heterocycles. The lowest BCUT2D eigenvalue weighted by Crippen LogP contribution is -2.64. The van der Waals surface area contributed by atoms with E-state index in [0.29, 0.717) is 57.3 Å². The largest absolute Gasteiger partial charge is 0.419 e. The van der Waals surface area contributed by atoms with Gasteiger partial charge in [-0.1, -0.05) is 99.0 Å². The molecule has 1 aromatic rings. The molecule has 0 aromatic heterocycles. The molecule has 25 nitrogen and oxygen atoms in total. The SMILES string of the molecule is CC[C@H](C)[C@@H]1NC(=O)[C@H](CC(C)C)N(C)C(=O)C[C@@H](C(=O)N2CCCCC2)N(C)C(=O)[C@H](CC(C)C)N(C)C(=O)C2(CCCC2)NC(=O)[C@@H]2C[C@@H](O)CN2C(=O)[C@H](CCc2ccc(C(F)(F)F)c(F)c2)NC(=O)CN(C)C(=O)[C@H](CC2CCCCC2)N(C)C(=O)CN(C)C(=O)CN(C)C1=O. The maximum Gasteiger partial charge on any atom is 0.419 e. The van der Waals surface area contributed by atoms with Crippen LogP contribution in [-0.4, -0.2) is 263 Å². The number of likely N-dealkylation sites (N-methyl/N-ethyl adjacent to an activating group) is 7. The van der Waals surface area contributed by atoms with Crippen LogP contribution in [-0.2, 0) is 70.1 Å². The number of benzene rings is 1. The standard InChI is InChI=1S/C71H110F4N12O13/c1-14-45(6)61-68(99)81(9)41-59(91)79(7)42-60(92)83(11)55(36-46-23-17-15-18-24-46)65(96)80(8)40-57(89)76-51(28-26-47-25-27-49(50(72)35-47)71(73,74)75)64(95)87-39-48(88)37-53(87)63(94)78-70(29-19-20-30-70)69(100)85(13)54(34-44(4)5)66(97)84(12)56(67(98)86-31-21-16-22-32-86)38-58(90)82(10)52(33-43(2)3)62(93)77-61/h25,27,35,43-46,48,51-56,61,88H,14-24,26,28-34,36-42H2,1-13H3,(H,76,89)(H,77,93)(H,78,94)/t45-,48+,51-,52-,53-,54-,55-,56-,61-/m0/s1. The van der Waals surface area contributed by atoms with Gasteiger partial charge in [-0.3, -0.25) is 57.5 Å². The lowest BCUT2D eigenvalue weighted by molar-refractivity contribution is -0.155. The third kappa shape index (κ3) is 20.9. The van der Waals surface area contributed by atoms with Crippen molar-refractivity contribution < 1.29 is 80.2 Å². The molecule has 2 aliphatic carbocycles. The second-order valence-electron chi connectivity index (χ2n) is 29.7. The van der Waals surface area contributed by atoms with Crippen LogP contribution in [0, 0.1) is 29.5 Å². The van der Waals surface area contributed by atoms with Crippen LogP contribution in [0.3, 0.4) is 0 Å². The Bertz CT molecular complexity index is 3100. The van der Waals surface area contributed by atoms with E-state index in [-0.39, 0.29) is 68.3 Å². The number of hydrogen-bond donors (Lipinski definition) is 4. The second-order valence-corrected chi connectivity index (χ2v) is 29.7. The lowest BCUT2D eigenvalue weighted by Gasteiger charge is -2.41. The topological polar surface area (TPSA) is 290 Å². The summed E-state index contributed by atoms with van der Waals surface area (Å²) in [7, 11) is 9.64. The van der Waals surface area contributed by atoms with Gasteiger partial charge in [0.1, 0.15) is 53.6 Å². The average molecular weight is 1420 g/mol. The van der Waals surface area contributed by atoms with Crippen LogP contribution < -0.4 is 16.0 Å². The van der Waals surface area contributed by atoms with Gasteiger partial charge in [-0.05, 0) is 106 Å². The second kappa shape index (κ2) is 35.9. The summed E-state index contributed by atoms with van der Waals surface area (Å²) in [6.45, 7) is 9.30. The number of aryl methyl sites for hydroxylation is 1. The molecular formula is C71H110F4N12O13. The zero-order chi connectivity index (χ0) is 74.4. The Morgan fingerprint density at radius 2 is 1.22 bits per heavy atom. The summed E-state index contributed by atoms with van der Waals surface area (Å²) >= 11 is 0. The van der Waals surface area contributed by atoms with E-state index in [2.05, 4.69) is 16.0 Å². The number of halogens is 4. The smallest absolute Gasteiger partial charge is 0.391 e. The maximum atomic E-state index is 15.5. The summed E-state index contributed by atoms with van der Waals surface area (Å²) < 4.78 is 56.2. The zero-order valence-electron chi connectivity index (χ0n) is 60.9. The molecule has 12 amide bonds. The number of aliphatic hydroxyl groups excluding tert-OH is 1. The zero-order valence-corrected chi connectivity index (χ0v) is 60.9. The fourth-order valence-corrected chi connectivity index (χ4v) is 14.6. The molecular weight excluding hydrogens is 1300 g/mol. The summed E-state index contributed by atoms with van der Waals surface area (Å²) in [5.41, 5.74) is -3.23.